The van der Waals surface area contributed by atoms with Crippen LogP contribution in [-0.4, -0.2) is 26.4 Å². The zero-order chi connectivity index (χ0) is 13.1. The fraction of sp³-hybridized carbons (Fsp3) is 1.00. The van der Waals surface area contributed by atoms with Gasteiger partial charge >= 0.3 is 0 Å². The highest BCUT2D eigenvalue weighted by atomic mass is 16.5. The number of ether oxygens (including phenoxy) is 2. The molecule has 1 fully saturated rings. The maximum Gasteiger partial charge on any atom is 0.0494 e. The lowest BCUT2D eigenvalue weighted by Crippen LogP contribution is -2.22. The van der Waals surface area contributed by atoms with Crippen molar-refractivity contribution in [2.24, 2.45) is 11.8 Å². The molecule has 108 valence electrons. The van der Waals surface area contributed by atoms with Crippen molar-refractivity contribution >= 4 is 0 Å². The van der Waals surface area contributed by atoms with Crippen LogP contribution in [0.15, 0.2) is 0 Å². The molecule has 0 N–H and O–H groups in total. The van der Waals surface area contributed by atoms with Crippen LogP contribution < -0.4 is 0 Å². The summed E-state index contributed by atoms with van der Waals surface area (Å²) in [6.45, 7) is 8.32. The van der Waals surface area contributed by atoms with E-state index in [1.54, 1.807) is 0 Å². The van der Waals surface area contributed by atoms with Gasteiger partial charge < -0.3 is 9.47 Å². The Morgan fingerprint density at radius 3 is 1.44 bits per heavy atom. The van der Waals surface area contributed by atoms with Crippen molar-refractivity contribution in [3.05, 3.63) is 0 Å². The highest BCUT2D eigenvalue weighted by molar-refractivity contribution is 4.72. The minimum atomic E-state index is 0.814. The van der Waals surface area contributed by atoms with E-state index in [1.807, 2.05) is 0 Å². The van der Waals surface area contributed by atoms with Crippen molar-refractivity contribution in [1.29, 1.82) is 0 Å². The molecule has 0 spiro atoms. The van der Waals surface area contributed by atoms with Crippen molar-refractivity contribution in [2.75, 3.05) is 26.4 Å². The van der Waals surface area contributed by atoms with Gasteiger partial charge in [0.2, 0.25) is 0 Å². The second-order valence-electron chi connectivity index (χ2n) is 5.74. The summed E-state index contributed by atoms with van der Waals surface area (Å²) >= 11 is 0. The van der Waals surface area contributed by atoms with Crippen molar-refractivity contribution in [1.82, 2.24) is 0 Å². The Bertz CT molecular complexity index is 154. The van der Waals surface area contributed by atoms with Crippen LogP contribution in [0.1, 0.15) is 65.2 Å². The number of unbranched alkanes of at least 4 members (excludes halogenated alkanes) is 2. The van der Waals surface area contributed by atoms with Crippen molar-refractivity contribution < 1.29 is 9.47 Å². The zero-order valence-corrected chi connectivity index (χ0v) is 12.5. The molecule has 0 aromatic heterocycles. The van der Waals surface area contributed by atoms with E-state index in [-0.39, 0.29) is 0 Å². The van der Waals surface area contributed by atoms with Gasteiger partial charge in [-0.15, -0.1) is 0 Å². The van der Waals surface area contributed by atoms with Gasteiger partial charge in [-0.05, 0) is 50.4 Å². The fourth-order valence-corrected chi connectivity index (χ4v) is 2.56. The third-order valence-corrected chi connectivity index (χ3v) is 3.96. The van der Waals surface area contributed by atoms with Crippen molar-refractivity contribution in [3.63, 3.8) is 0 Å². The minimum Gasteiger partial charge on any atom is -0.381 e. The van der Waals surface area contributed by atoms with Gasteiger partial charge in [-0.1, -0.05) is 26.7 Å². The van der Waals surface area contributed by atoms with E-state index < -0.39 is 0 Å². The summed E-state index contributed by atoms with van der Waals surface area (Å²) in [5.74, 6) is 1.63. The Morgan fingerprint density at radius 1 is 0.722 bits per heavy atom. The summed E-state index contributed by atoms with van der Waals surface area (Å²) in [4.78, 5) is 0. The van der Waals surface area contributed by atoms with E-state index in [1.165, 1.54) is 51.4 Å². The second-order valence-corrected chi connectivity index (χ2v) is 5.74. The lowest BCUT2D eigenvalue weighted by atomic mass is 9.83. The SMILES string of the molecule is CCCCOCC1CCC(COCCCC)CC1. The van der Waals surface area contributed by atoms with E-state index >= 15 is 0 Å². The average molecular weight is 256 g/mol. The maximum atomic E-state index is 5.73. The van der Waals surface area contributed by atoms with Gasteiger partial charge in [0.05, 0.1) is 0 Å². The van der Waals surface area contributed by atoms with Gasteiger partial charge in [0.1, 0.15) is 0 Å². The van der Waals surface area contributed by atoms with Gasteiger partial charge in [-0.3, -0.25) is 0 Å². The standard InChI is InChI=1S/C16H32O2/c1-3-5-11-17-13-15-7-9-16(10-8-15)14-18-12-6-4-2/h15-16H,3-14H2,1-2H3. The third kappa shape index (κ3) is 7.38. The van der Waals surface area contributed by atoms with Crippen LogP contribution >= 0.6 is 0 Å². The van der Waals surface area contributed by atoms with Crippen LogP contribution in [0.5, 0.6) is 0 Å². The van der Waals surface area contributed by atoms with Gasteiger partial charge in [-0.25, -0.2) is 0 Å². The summed E-state index contributed by atoms with van der Waals surface area (Å²) in [6.07, 6.45) is 10.3. The Morgan fingerprint density at radius 2 is 1.11 bits per heavy atom. The third-order valence-electron chi connectivity index (χ3n) is 3.96. The minimum absolute atomic E-state index is 0.814. The second kappa shape index (κ2) is 10.8. The van der Waals surface area contributed by atoms with E-state index in [0.29, 0.717) is 0 Å². The first kappa shape index (κ1) is 16.0. The molecular formula is C16H32O2. The fourth-order valence-electron chi connectivity index (χ4n) is 2.56. The molecule has 0 saturated heterocycles. The first-order valence-electron chi connectivity index (χ1n) is 8.02. The lowest BCUT2D eigenvalue weighted by molar-refractivity contribution is 0.0483. The van der Waals surface area contributed by atoms with E-state index in [0.717, 1.165) is 38.3 Å². The number of rotatable bonds is 10. The molecule has 0 unspecified atom stereocenters. The molecule has 2 heteroatoms. The average Bonchev–Trinajstić information content (AvgIpc) is 2.41. The normalized spacial score (nSPS) is 24.3. The van der Waals surface area contributed by atoms with Crippen LogP contribution in [0.3, 0.4) is 0 Å². The molecule has 18 heavy (non-hydrogen) atoms. The predicted molar refractivity (Wildman–Crippen MR) is 76.9 cm³/mol. The monoisotopic (exact) mass is 256 g/mol. The molecule has 1 rings (SSSR count). The Labute approximate surface area is 113 Å². The van der Waals surface area contributed by atoms with E-state index in [4.69, 9.17) is 9.47 Å². The van der Waals surface area contributed by atoms with E-state index in [9.17, 15) is 0 Å². The van der Waals surface area contributed by atoms with Gasteiger partial charge in [-0.2, -0.15) is 0 Å². The lowest BCUT2D eigenvalue weighted by Gasteiger charge is -2.28. The smallest absolute Gasteiger partial charge is 0.0494 e. The molecule has 0 aromatic rings. The summed E-state index contributed by atoms with van der Waals surface area (Å²) in [7, 11) is 0. The van der Waals surface area contributed by atoms with Crippen LogP contribution in [0.4, 0.5) is 0 Å². The van der Waals surface area contributed by atoms with E-state index in [2.05, 4.69) is 13.8 Å². The molecule has 1 aliphatic carbocycles. The predicted octanol–water partition coefficient (Wildman–Crippen LogP) is 4.43. The summed E-state index contributed by atoms with van der Waals surface area (Å²) in [6, 6.07) is 0. The summed E-state index contributed by atoms with van der Waals surface area (Å²) in [5.41, 5.74) is 0. The molecular weight excluding hydrogens is 224 g/mol. The molecule has 1 saturated carbocycles. The highest BCUT2D eigenvalue weighted by Crippen LogP contribution is 2.29. The molecule has 0 amide bonds. The summed E-state index contributed by atoms with van der Waals surface area (Å²) < 4.78 is 11.5. The van der Waals surface area contributed by atoms with Gasteiger partial charge in [0.25, 0.3) is 0 Å². The molecule has 1 aliphatic rings. The highest BCUT2D eigenvalue weighted by Gasteiger charge is 2.21. The quantitative estimate of drug-likeness (QED) is 0.538. The topological polar surface area (TPSA) is 18.5 Å². The maximum absolute atomic E-state index is 5.73. The molecule has 2 nitrogen and oxygen atoms in total. The van der Waals surface area contributed by atoms with Crippen molar-refractivity contribution in [2.45, 2.75) is 65.2 Å². The summed E-state index contributed by atoms with van der Waals surface area (Å²) in [5, 5.41) is 0. The molecule has 0 atom stereocenters. The zero-order valence-electron chi connectivity index (χ0n) is 12.5. The molecule has 0 heterocycles. The Balaban J connectivity index is 1.95. The van der Waals surface area contributed by atoms with Crippen LogP contribution in [0.25, 0.3) is 0 Å². The molecule has 0 aromatic carbocycles. The first-order valence-corrected chi connectivity index (χ1v) is 8.02. The van der Waals surface area contributed by atoms with Crippen molar-refractivity contribution in [3.8, 4) is 0 Å². The van der Waals surface area contributed by atoms with Gasteiger partial charge in [0.15, 0.2) is 0 Å². The molecule has 0 aliphatic heterocycles. The first-order chi connectivity index (χ1) is 8.86. The van der Waals surface area contributed by atoms with Crippen LogP contribution in [-0.2, 0) is 9.47 Å². The van der Waals surface area contributed by atoms with Crippen LogP contribution in [0, 0.1) is 11.8 Å². The van der Waals surface area contributed by atoms with Gasteiger partial charge in [0, 0.05) is 26.4 Å². The largest absolute Gasteiger partial charge is 0.381 e. The molecule has 0 radical (unpaired) electrons. The number of hydrogen-bond donors (Lipinski definition) is 0. The van der Waals surface area contributed by atoms with Crippen LogP contribution in [0.2, 0.25) is 0 Å². The molecule has 0 bridgehead atoms. The Hall–Kier alpha value is -0.0800. The number of hydrogen-bond acceptors (Lipinski definition) is 2. The Kier molecular flexibility index (Phi) is 9.59.